The molecule has 2 aromatic carbocycles. The van der Waals surface area contributed by atoms with E-state index >= 15 is 0 Å². The maximum atomic E-state index is 10.8. The molecule has 2 aromatic heterocycles. The molecule has 3 N–H and O–H groups in total. The molecule has 10 heteroatoms. The molecule has 5 rings (SSSR count). The number of rotatable bonds is 9. The van der Waals surface area contributed by atoms with Crippen molar-refractivity contribution in [3.8, 4) is 11.3 Å². The molecule has 3 heterocycles. The lowest BCUT2D eigenvalue weighted by atomic mass is 10.0. The van der Waals surface area contributed by atoms with Crippen LogP contribution in [-0.4, -0.2) is 41.4 Å². The Hall–Kier alpha value is -3.18. The first-order valence-electron chi connectivity index (χ1n) is 12.2. The number of aryl methyl sites for hydroxylation is 2. The standard InChI is InChI=1S/C26H30N6O3S/c1-18-11-12-19(7-6-13-30-36(33)34)15-22(18)31-21-9-3-2-8-20(21)24-25-26(28-16-27-24)32(17-29-25)23-10-4-5-14-35-23/h2-3,8-9,11-12,15-17,23,30-31H,4-7,10,13-14H2,1H3,(H,33,34). The number of fused-ring (bicyclic) bond motifs is 1. The molecule has 1 aliphatic heterocycles. The smallest absolute Gasteiger partial charge is 0.231 e. The molecule has 2 unspecified atom stereocenters. The summed E-state index contributed by atoms with van der Waals surface area (Å²) >= 11 is -1.98. The van der Waals surface area contributed by atoms with Crippen LogP contribution in [0.5, 0.6) is 0 Å². The van der Waals surface area contributed by atoms with Crippen molar-refractivity contribution < 1.29 is 13.5 Å². The van der Waals surface area contributed by atoms with Gasteiger partial charge in [0.2, 0.25) is 11.3 Å². The molecule has 0 amide bonds. The van der Waals surface area contributed by atoms with Gasteiger partial charge in [-0.3, -0.25) is 9.12 Å². The quantitative estimate of drug-likeness (QED) is 0.218. The van der Waals surface area contributed by atoms with Crippen LogP contribution in [0.15, 0.2) is 55.1 Å². The van der Waals surface area contributed by atoms with Crippen molar-refractivity contribution in [3.05, 3.63) is 66.2 Å². The van der Waals surface area contributed by atoms with Crippen molar-refractivity contribution in [2.24, 2.45) is 0 Å². The molecule has 0 bridgehead atoms. The number of aromatic nitrogens is 4. The predicted octanol–water partition coefficient (Wildman–Crippen LogP) is 4.90. The Morgan fingerprint density at radius 1 is 1.14 bits per heavy atom. The first-order chi connectivity index (χ1) is 17.6. The molecule has 1 saturated heterocycles. The third-order valence-corrected chi connectivity index (χ3v) is 6.90. The van der Waals surface area contributed by atoms with Gasteiger partial charge in [-0.15, -0.1) is 0 Å². The number of benzene rings is 2. The summed E-state index contributed by atoms with van der Waals surface area (Å²) in [7, 11) is 0. The molecular formula is C26H30N6O3S. The maximum Gasteiger partial charge on any atom is 0.231 e. The largest absolute Gasteiger partial charge is 0.358 e. The van der Waals surface area contributed by atoms with E-state index in [1.165, 1.54) is 0 Å². The van der Waals surface area contributed by atoms with Gasteiger partial charge in [0.05, 0.1) is 6.33 Å². The van der Waals surface area contributed by atoms with Gasteiger partial charge in [-0.1, -0.05) is 30.3 Å². The molecular weight excluding hydrogens is 476 g/mol. The van der Waals surface area contributed by atoms with Crippen LogP contribution < -0.4 is 10.0 Å². The van der Waals surface area contributed by atoms with E-state index in [1.54, 1.807) is 6.33 Å². The van der Waals surface area contributed by atoms with Gasteiger partial charge in [0, 0.05) is 30.1 Å². The topological polar surface area (TPSA) is 114 Å². The summed E-state index contributed by atoms with van der Waals surface area (Å²) in [4.78, 5) is 13.8. The summed E-state index contributed by atoms with van der Waals surface area (Å²) in [5.74, 6) is 0. The van der Waals surface area contributed by atoms with E-state index < -0.39 is 11.3 Å². The fraction of sp³-hybridized carbons (Fsp3) is 0.346. The minimum Gasteiger partial charge on any atom is -0.358 e. The van der Waals surface area contributed by atoms with E-state index in [0.717, 1.165) is 83.6 Å². The summed E-state index contributed by atoms with van der Waals surface area (Å²) in [5.41, 5.74) is 7.45. The van der Waals surface area contributed by atoms with Crippen molar-refractivity contribution in [1.29, 1.82) is 0 Å². The van der Waals surface area contributed by atoms with Crippen molar-refractivity contribution >= 4 is 33.8 Å². The molecule has 36 heavy (non-hydrogen) atoms. The number of ether oxygens (including phenoxy) is 1. The fourth-order valence-corrected chi connectivity index (χ4v) is 4.88. The van der Waals surface area contributed by atoms with E-state index in [0.29, 0.717) is 6.54 Å². The van der Waals surface area contributed by atoms with Crippen LogP contribution in [0.2, 0.25) is 0 Å². The van der Waals surface area contributed by atoms with Gasteiger partial charge >= 0.3 is 0 Å². The number of nitrogens with one attached hydrogen (secondary N) is 2. The minimum absolute atomic E-state index is 0.0437. The minimum atomic E-state index is -1.98. The van der Waals surface area contributed by atoms with Crippen molar-refractivity contribution in [2.75, 3.05) is 18.5 Å². The number of nitrogens with zero attached hydrogens (tertiary/aromatic N) is 4. The third kappa shape index (κ3) is 5.46. The summed E-state index contributed by atoms with van der Waals surface area (Å²) in [6.45, 7) is 3.30. The summed E-state index contributed by atoms with van der Waals surface area (Å²) in [6.07, 6.45) is 8.09. The second kappa shape index (κ2) is 11.3. The van der Waals surface area contributed by atoms with Crippen LogP contribution in [0.25, 0.3) is 22.4 Å². The summed E-state index contributed by atoms with van der Waals surface area (Å²) in [5, 5.41) is 3.60. The summed E-state index contributed by atoms with van der Waals surface area (Å²) < 4.78 is 30.2. The zero-order valence-corrected chi connectivity index (χ0v) is 21.0. The highest BCUT2D eigenvalue weighted by Crippen LogP contribution is 2.34. The Bertz CT molecular complexity index is 1370. The molecule has 0 aliphatic carbocycles. The lowest BCUT2D eigenvalue weighted by molar-refractivity contribution is -0.0298. The van der Waals surface area contributed by atoms with Crippen LogP contribution in [0, 0.1) is 6.92 Å². The molecule has 9 nitrogen and oxygen atoms in total. The average Bonchev–Trinajstić information content (AvgIpc) is 3.34. The molecule has 4 aromatic rings. The third-order valence-electron chi connectivity index (χ3n) is 6.45. The predicted molar refractivity (Wildman–Crippen MR) is 141 cm³/mol. The van der Waals surface area contributed by atoms with E-state index in [2.05, 4.69) is 50.1 Å². The first-order valence-corrected chi connectivity index (χ1v) is 13.3. The van der Waals surface area contributed by atoms with Gasteiger partial charge in [-0.25, -0.2) is 23.9 Å². The lowest BCUT2D eigenvalue weighted by Gasteiger charge is -2.23. The van der Waals surface area contributed by atoms with Gasteiger partial charge in [0.1, 0.15) is 23.8 Å². The number of imidazole rings is 1. The zero-order chi connectivity index (χ0) is 24.9. The molecule has 0 radical (unpaired) electrons. The van der Waals surface area contributed by atoms with Gasteiger partial charge in [-0.2, -0.15) is 0 Å². The molecule has 2 atom stereocenters. The highest BCUT2D eigenvalue weighted by molar-refractivity contribution is 7.77. The Labute approximate surface area is 212 Å². The Balaban J connectivity index is 1.43. The van der Waals surface area contributed by atoms with Gasteiger partial charge in [-0.05, 0) is 62.3 Å². The van der Waals surface area contributed by atoms with Crippen LogP contribution in [-0.2, 0) is 22.4 Å². The van der Waals surface area contributed by atoms with Crippen molar-refractivity contribution in [2.45, 2.75) is 45.3 Å². The first kappa shape index (κ1) is 24.5. The second-order valence-corrected chi connectivity index (χ2v) is 9.72. The monoisotopic (exact) mass is 506 g/mol. The maximum absolute atomic E-state index is 10.8. The van der Waals surface area contributed by atoms with E-state index in [1.807, 2.05) is 35.2 Å². The summed E-state index contributed by atoms with van der Waals surface area (Å²) in [6, 6.07) is 14.4. The van der Waals surface area contributed by atoms with Crippen LogP contribution >= 0.6 is 0 Å². The fourth-order valence-electron chi connectivity index (χ4n) is 4.56. The molecule has 0 saturated carbocycles. The van der Waals surface area contributed by atoms with Crippen LogP contribution in [0.1, 0.15) is 43.0 Å². The Kier molecular flexibility index (Phi) is 7.66. The second-order valence-electron chi connectivity index (χ2n) is 8.93. The highest BCUT2D eigenvalue weighted by atomic mass is 32.2. The zero-order valence-electron chi connectivity index (χ0n) is 20.2. The van der Waals surface area contributed by atoms with Crippen LogP contribution in [0.4, 0.5) is 11.4 Å². The highest BCUT2D eigenvalue weighted by Gasteiger charge is 2.21. The Morgan fingerprint density at radius 3 is 2.86 bits per heavy atom. The van der Waals surface area contributed by atoms with Crippen molar-refractivity contribution in [1.82, 2.24) is 24.2 Å². The normalized spacial score (nSPS) is 16.8. The lowest BCUT2D eigenvalue weighted by Crippen LogP contribution is -2.17. The van der Waals surface area contributed by atoms with E-state index in [-0.39, 0.29) is 6.23 Å². The van der Waals surface area contributed by atoms with Crippen LogP contribution in [0.3, 0.4) is 0 Å². The van der Waals surface area contributed by atoms with Gasteiger partial charge < -0.3 is 10.1 Å². The number of anilines is 2. The van der Waals surface area contributed by atoms with Gasteiger partial charge in [0.15, 0.2) is 5.65 Å². The number of hydrogen-bond acceptors (Lipinski definition) is 6. The van der Waals surface area contributed by atoms with Crippen molar-refractivity contribution in [3.63, 3.8) is 0 Å². The molecule has 1 aliphatic rings. The van der Waals surface area contributed by atoms with E-state index in [9.17, 15) is 4.21 Å². The molecule has 1 fully saturated rings. The van der Waals surface area contributed by atoms with Gasteiger partial charge in [0.25, 0.3) is 0 Å². The number of para-hydroxylation sites is 1. The molecule has 0 spiro atoms. The average molecular weight is 507 g/mol. The van der Waals surface area contributed by atoms with E-state index in [4.69, 9.17) is 9.29 Å². The number of hydrogen-bond donors (Lipinski definition) is 3. The Morgan fingerprint density at radius 2 is 2.03 bits per heavy atom. The SMILES string of the molecule is Cc1ccc(CCCNS(=O)O)cc1Nc1ccccc1-c1ncnc2c1ncn2C1CCCCO1. The molecule has 188 valence electrons.